The Balaban J connectivity index is 1.63. The Morgan fingerprint density at radius 1 is 1.08 bits per heavy atom. The standard InChI is InChI=1S/C19H19Cl2N3OS/c1-12-7-16(8-13(2)18(12)21)25-10-17-22-23-19(24(17)3)26-11-14-5-4-6-15(20)9-14/h4-9H,10-11H2,1-3H3. The number of hydrogen-bond donors (Lipinski definition) is 0. The molecule has 0 aliphatic carbocycles. The molecule has 2 aromatic carbocycles. The lowest BCUT2D eigenvalue weighted by atomic mass is 10.1. The fourth-order valence-corrected chi connectivity index (χ4v) is 3.70. The van der Waals surface area contributed by atoms with Gasteiger partial charge in [-0.1, -0.05) is 47.1 Å². The van der Waals surface area contributed by atoms with Gasteiger partial charge in [-0.05, 0) is 54.8 Å². The maximum absolute atomic E-state index is 6.20. The average molecular weight is 408 g/mol. The topological polar surface area (TPSA) is 39.9 Å². The Labute approximate surface area is 167 Å². The van der Waals surface area contributed by atoms with Crippen LogP contribution >= 0.6 is 35.0 Å². The highest BCUT2D eigenvalue weighted by Gasteiger charge is 2.11. The van der Waals surface area contributed by atoms with Gasteiger partial charge in [-0.25, -0.2) is 0 Å². The van der Waals surface area contributed by atoms with Crippen molar-refractivity contribution >= 4 is 35.0 Å². The van der Waals surface area contributed by atoms with E-state index in [2.05, 4.69) is 10.2 Å². The number of benzene rings is 2. The molecule has 0 aliphatic heterocycles. The number of thioether (sulfide) groups is 1. The Morgan fingerprint density at radius 2 is 1.81 bits per heavy atom. The smallest absolute Gasteiger partial charge is 0.191 e. The predicted molar refractivity (Wildman–Crippen MR) is 107 cm³/mol. The van der Waals surface area contributed by atoms with Gasteiger partial charge in [-0.15, -0.1) is 10.2 Å². The molecule has 0 radical (unpaired) electrons. The number of nitrogens with zero attached hydrogens (tertiary/aromatic N) is 3. The van der Waals surface area contributed by atoms with Crippen LogP contribution < -0.4 is 4.74 Å². The minimum Gasteiger partial charge on any atom is -0.486 e. The second-order valence-electron chi connectivity index (χ2n) is 6.04. The molecule has 26 heavy (non-hydrogen) atoms. The summed E-state index contributed by atoms with van der Waals surface area (Å²) in [6.45, 7) is 4.28. The number of ether oxygens (including phenoxy) is 1. The number of aryl methyl sites for hydroxylation is 2. The van der Waals surface area contributed by atoms with E-state index in [0.717, 1.165) is 49.2 Å². The maximum Gasteiger partial charge on any atom is 0.191 e. The van der Waals surface area contributed by atoms with Crippen LogP contribution in [0, 0.1) is 13.8 Å². The fraction of sp³-hybridized carbons (Fsp3) is 0.263. The summed E-state index contributed by atoms with van der Waals surface area (Å²) in [5.41, 5.74) is 3.14. The van der Waals surface area contributed by atoms with Crippen LogP contribution in [-0.4, -0.2) is 14.8 Å². The number of halogens is 2. The van der Waals surface area contributed by atoms with Crippen LogP contribution in [0.4, 0.5) is 0 Å². The van der Waals surface area contributed by atoms with Crippen LogP contribution in [0.2, 0.25) is 10.0 Å². The Morgan fingerprint density at radius 3 is 2.50 bits per heavy atom. The first-order chi connectivity index (χ1) is 12.4. The van der Waals surface area contributed by atoms with Crippen molar-refractivity contribution in [2.45, 2.75) is 31.4 Å². The molecule has 0 N–H and O–H groups in total. The van der Waals surface area contributed by atoms with E-state index >= 15 is 0 Å². The SMILES string of the molecule is Cc1cc(OCc2nnc(SCc3cccc(Cl)c3)n2C)cc(C)c1Cl. The first kappa shape index (κ1) is 19.1. The monoisotopic (exact) mass is 407 g/mol. The third-order valence-corrected chi connectivity index (χ3v) is 5.88. The van der Waals surface area contributed by atoms with Crippen molar-refractivity contribution in [1.29, 1.82) is 0 Å². The van der Waals surface area contributed by atoms with E-state index in [1.807, 2.05) is 61.9 Å². The zero-order valence-corrected chi connectivity index (χ0v) is 17.1. The Hall–Kier alpha value is -1.69. The van der Waals surface area contributed by atoms with Gasteiger partial charge >= 0.3 is 0 Å². The molecule has 0 spiro atoms. The molecule has 136 valence electrons. The van der Waals surface area contributed by atoms with Crippen molar-refractivity contribution in [3.63, 3.8) is 0 Å². The number of aromatic nitrogens is 3. The van der Waals surface area contributed by atoms with E-state index < -0.39 is 0 Å². The molecule has 0 saturated heterocycles. The quantitative estimate of drug-likeness (QED) is 0.497. The second-order valence-corrected chi connectivity index (χ2v) is 7.79. The molecule has 0 atom stereocenters. The summed E-state index contributed by atoms with van der Waals surface area (Å²) < 4.78 is 7.82. The van der Waals surface area contributed by atoms with Crippen molar-refractivity contribution in [1.82, 2.24) is 14.8 Å². The van der Waals surface area contributed by atoms with Crippen molar-refractivity contribution < 1.29 is 4.74 Å². The Bertz CT molecular complexity index is 904. The molecule has 3 aromatic rings. The van der Waals surface area contributed by atoms with E-state index in [4.69, 9.17) is 27.9 Å². The minimum atomic E-state index is 0.349. The van der Waals surface area contributed by atoms with Gasteiger partial charge in [0.15, 0.2) is 11.0 Å². The molecule has 0 bridgehead atoms. The van der Waals surface area contributed by atoms with Crippen LogP contribution in [0.3, 0.4) is 0 Å². The molecule has 0 aliphatic rings. The molecule has 1 aromatic heterocycles. The number of rotatable bonds is 6. The second kappa shape index (κ2) is 8.33. The van der Waals surface area contributed by atoms with Gasteiger partial charge in [0.05, 0.1) is 0 Å². The summed E-state index contributed by atoms with van der Waals surface area (Å²) in [4.78, 5) is 0. The van der Waals surface area contributed by atoms with Gasteiger partial charge < -0.3 is 9.30 Å². The largest absolute Gasteiger partial charge is 0.486 e. The summed E-state index contributed by atoms with van der Waals surface area (Å²) in [6, 6.07) is 11.7. The molecule has 1 heterocycles. The van der Waals surface area contributed by atoms with Crippen molar-refractivity contribution in [2.75, 3.05) is 0 Å². The highest BCUT2D eigenvalue weighted by atomic mass is 35.5. The highest BCUT2D eigenvalue weighted by molar-refractivity contribution is 7.98. The lowest BCUT2D eigenvalue weighted by Crippen LogP contribution is -2.04. The first-order valence-corrected chi connectivity index (χ1v) is 9.83. The van der Waals surface area contributed by atoms with Gasteiger partial charge in [0.25, 0.3) is 0 Å². The molecule has 0 fully saturated rings. The van der Waals surface area contributed by atoms with Gasteiger partial charge in [-0.2, -0.15) is 0 Å². The summed E-state index contributed by atoms with van der Waals surface area (Å²) in [6.07, 6.45) is 0. The zero-order valence-electron chi connectivity index (χ0n) is 14.8. The molecule has 0 amide bonds. The van der Waals surface area contributed by atoms with Crippen molar-refractivity contribution in [2.24, 2.45) is 7.05 Å². The third kappa shape index (κ3) is 4.53. The van der Waals surface area contributed by atoms with E-state index in [1.54, 1.807) is 11.8 Å². The van der Waals surface area contributed by atoms with Crippen LogP contribution in [0.25, 0.3) is 0 Å². The van der Waals surface area contributed by atoms with Gasteiger partial charge in [-0.3, -0.25) is 0 Å². The molecular weight excluding hydrogens is 389 g/mol. The van der Waals surface area contributed by atoms with E-state index in [1.165, 1.54) is 0 Å². The molecule has 3 rings (SSSR count). The van der Waals surface area contributed by atoms with Crippen molar-refractivity contribution in [3.8, 4) is 5.75 Å². The molecule has 0 unspecified atom stereocenters. The molecule has 4 nitrogen and oxygen atoms in total. The Kier molecular flexibility index (Phi) is 6.12. The van der Waals surface area contributed by atoms with Crippen molar-refractivity contribution in [3.05, 3.63) is 69.0 Å². The molecule has 7 heteroatoms. The first-order valence-electron chi connectivity index (χ1n) is 8.09. The van der Waals surface area contributed by atoms with Gasteiger partial charge in [0.1, 0.15) is 12.4 Å². The zero-order chi connectivity index (χ0) is 18.7. The van der Waals surface area contributed by atoms with Gasteiger partial charge in [0, 0.05) is 22.8 Å². The van der Waals surface area contributed by atoms with Crippen LogP contribution in [-0.2, 0) is 19.4 Å². The van der Waals surface area contributed by atoms with E-state index in [0.29, 0.717) is 6.61 Å². The summed E-state index contributed by atoms with van der Waals surface area (Å²) in [5.74, 6) is 2.33. The van der Waals surface area contributed by atoms with Gasteiger partial charge in [0.2, 0.25) is 0 Å². The van der Waals surface area contributed by atoms with E-state index in [9.17, 15) is 0 Å². The average Bonchev–Trinajstić information content (AvgIpc) is 2.96. The highest BCUT2D eigenvalue weighted by Crippen LogP contribution is 2.27. The summed E-state index contributed by atoms with van der Waals surface area (Å²) in [7, 11) is 1.94. The van der Waals surface area contributed by atoms with Crippen LogP contribution in [0.15, 0.2) is 41.6 Å². The summed E-state index contributed by atoms with van der Waals surface area (Å²) in [5, 5.41) is 10.8. The minimum absolute atomic E-state index is 0.349. The fourth-order valence-electron chi connectivity index (χ4n) is 2.51. The molecule has 0 saturated carbocycles. The van der Waals surface area contributed by atoms with Crippen LogP contribution in [0.5, 0.6) is 5.75 Å². The number of hydrogen-bond acceptors (Lipinski definition) is 4. The maximum atomic E-state index is 6.20. The van der Waals surface area contributed by atoms with E-state index in [-0.39, 0.29) is 0 Å². The predicted octanol–water partition coefficient (Wildman–Crippen LogP) is 5.61. The third-order valence-electron chi connectivity index (χ3n) is 3.96. The molecular formula is C19H19Cl2N3OS. The summed E-state index contributed by atoms with van der Waals surface area (Å²) >= 11 is 13.8. The lowest BCUT2D eigenvalue weighted by molar-refractivity contribution is 0.290. The normalized spacial score (nSPS) is 11.0. The lowest BCUT2D eigenvalue weighted by Gasteiger charge is -2.10. The van der Waals surface area contributed by atoms with Crippen LogP contribution in [0.1, 0.15) is 22.5 Å².